The Hall–Kier alpha value is -1.77. The maximum atomic E-state index is 12.6. The van der Waals surface area contributed by atoms with Crippen molar-refractivity contribution in [1.29, 1.82) is 0 Å². The molecule has 0 amide bonds. The fraction of sp³-hybridized carbons (Fsp3) is 0.348. The van der Waals surface area contributed by atoms with E-state index >= 15 is 0 Å². The van der Waals surface area contributed by atoms with E-state index in [1.807, 2.05) is 44.2 Å². The summed E-state index contributed by atoms with van der Waals surface area (Å²) in [5, 5.41) is 0. The van der Waals surface area contributed by atoms with Gasteiger partial charge >= 0.3 is 5.97 Å². The minimum Gasteiger partial charge on any atom is -0.461 e. The van der Waals surface area contributed by atoms with Crippen LogP contribution >= 0.6 is 23.2 Å². The molecule has 0 N–H and O–H groups in total. The van der Waals surface area contributed by atoms with Crippen molar-refractivity contribution in [2.75, 3.05) is 0 Å². The minimum absolute atomic E-state index is 0.0244. The zero-order valence-corrected chi connectivity index (χ0v) is 17.3. The first kappa shape index (κ1) is 20.0. The van der Waals surface area contributed by atoms with E-state index in [-0.39, 0.29) is 34.3 Å². The summed E-state index contributed by atoms with van der Waals surface area (Å²) >= 11 is 11.5. The van der Waals surface area contributed by atoms with Crippen LogP contribution in [-0.2, 0) is 22.6 Å². The van der Waals surface area contributed by atoms with Crippen molar-refractivity contribution in [2.45, 2.75) is 33.8 Å². The van der Waals surface area contributed by atoms with Gasteiger partial charge in [-0.3, -0.25) is 4.79 Å². The van der Waals surface area contributed by atoms with Crippen molar-refractivity contribution in [3.05, 3.63) is 70.2 Å². The molecule has 0 spiro atoms. The Morgan fingerprint density at radius 3 is 2.44 bits per heavy atom. The second-order valence-electron chi connectivity index (χ2n) is 7.55. The van der Waals surface area contributed by atoms with Crippen molar-refractivity contribution in [3.63, 3.8) is 0 Å². The van der Waals surface area contributed by atoms with Gasteiger partial charge in [0.15, 0.2) is 0 Å². The summed E-state index contributed by atoms with van der Waals surface area (Å²) in [6, 6.07) is 16.4. The summed E-state index contributed by atoms with van der Waals surface area (Å²) in [5.74, 6) is -0.369. The number of hydrogen-bond acceptors (Lipinski definition) is 2. The van der Waals surface area contributed by atoms with E-state index in [1.165, 1.54) is 16.7 Å². The Labute approximate surface area is 171 Å². The molecule has 27 heavy (non-hydrogen) atoms. The third-order valence-corrected chi connectivity index (χ3v) is 5.80. The number of halogens is 2. The molecule has 1 aliphatic rings. The average molecular weight is 403 g/mol. The molecule has 2 aromatic rings. The normalized spacial score (nSPS) is 20.0. The number of carbonyl (C=O) groups is 1. The number of allylic oxidation sites excluding steroid dienone is 1. The van der Waals surface area contributed by atoms with E-state index in [1.54, 1.807) is 6.08 Å². The monoisotopic (exact) mass is 402 g/mol. The Kier molecular flexibility index (Phi) is 5.98. The van der Waals surface area contributed by atoms with E-state index in [4.69, 9.17) is 27.9 Å². The van der Waals surface area contributed by atoms with Crippen LogP contribution in [0.3, 0.4) is 0 Å². The zero-order chi connectivity index (χ0) is 19.6. The summed E-state index contributed by atoms with van der Waals surface area (Å²) in [4.78, 5) is 12.6. The molecule has 3 rings (SSSR count). The lowest BCUT2D eigenvalue weighted by atomic mass is 9.94. The molecule has 1 aliphatic carbocycles. The molecule has 0 saturated heterocycles. The van der Waals surface area contributed by atoms with Gasteiger partial charge in [-0.1, -0.05) is 92.5 Å². The molecular formula is C23H24Cl2O2. The third kappa shape index (κ3) is 4.23. The predicted octanol–water partition coefficient (Wildman–Crippen LogP) is 6.55. The van der Waals surface area contributed by atoms with E-state index in [2.05, 4.69) is 25.1 Å². The molecule has 0 aromatic heterocycles. The fourth-order valence-corrected chi connectivity index (χ4v) is 4.16. The van der Waals surface area contributed by atoms with Crippen molar-refractivity contribution < 1.29 is 9.53 Å². The highest BCUT2D eigenvalue weighted by atomic mass is 35.5. The maximum absolute atomic E-state index is 12.6. The maximum Gasteiger partial charge on any atom is 0.310 e. The lowest BCUT2D eigenvalue weighted by Gasteiger charge is -2.14. The average Bonchev–Trinajstić information content (AvgIpc) is 3.19. The predicted molar refractivity (Wildman–Crippen MR) is 112 cm³/mol. The molecule has 2 nitrogen and oxygen atoms in total. The van der Waals surface area contributed by atoms with Gasteiger partial charge in [0.05, 0.1) is 5.92 Å². The topological polar surface area (TPSA) is 26.3 Å². The Morgan fingerprint density at radius 1 is 1.11 bits per heavy atom. The highest BCUT2D eigenvalue weighted by Crippen LogP contribution is 2.60. The smallest absolute Gasteiger partial charge is 0.310 e. The number of esters is 1. The quantitative estimate of drug-likeness (QED) is 0.511. The molecule has 0 unspecified atom stereocenters. The van der Waals surface area contributed by atoms with Gasteiger partial charge in [-0.2, -0.15) is 0 Å². The highest BCUT2D eigenvalue weighted by Gasteiger charge is 2.61. The largest absolute Gasteiger partial charge is 0.461 e. The van der Waals surface area contributed by atoms with Gasteiger partial charge in [-0.05, 0) is 46.1 Å². The first-order chi connectivity index (χ1) is 12.9. The molecule has 1 saturated carbocycles. The van der Waals surface area contributed by atoms with Gasteiger partial charge in [0, 0.05) is 0 Å². The summed E-state index contributed by atoms with van der Waals surface area (Å²) in [6.07, 6.45) is 2.61. The van der Waals surface area contributed by atoms with Crippen LogP contribution in [0.1, 0.15) is 31.9 Å². The fourth-order valence-electron chi connectivity index (χ4n) is 3.89. The van der Waals surface area contributed by atoms with Crippen molar-refractivity contribution in [2.24, 2.45) is 17.3 Å². The van der Waals surface area contributed by atoms with Crippen LogP contribution in [0.15, 0.2) is 59.1 Å². The van der Waals surface area contributed by atoms with Crippen molar-refractivity contribution in [1.82, 2.24) is 0 Å². The van der Waals surface area contributed by atoms with Crippen LogP contribution in [0.25, 0.3) is 11.1 Å². The molecule has 0 aliphatic heterocycles. The van der Waals surface area contributed by atoms with E-state index in [9.17, 15) is 4.79 Å². The van der Waals surface area contributed by atoms with Gasteiger partial charge < -0.3 is 4.74 Å². The van der Waals surface area contributed by atoms with Gasteiger partial charge in [-0.15, -0.1) is 0 Å². The van der Waals surface area contributed by atoms with Crippen LogP contribution in [0, 0.1) is 17.3 Å². The number of rotatable bonds is 6. The molecule has 0 radical (unpaired) electrons. The van der Waals surface area contributed by atoms with Crippen LogP contribution in [0.2, 0.25) is 0 Å². The number of ether oxygens (including phenoxy) is 1. The molecule has 2 atom stereocenters. The van der Waals surface area contributed by atoms with Gasteiger partial charge in [-0.25, -0.2) is 0 Å². The zero-order valence-electron chi connectivity index (χ0n) is 15.8. The van der Waals surface area contributed by atoms with E-state index in [0.717, 1.165) is 12.0 Å². The Bertz CT molecular complexity index is 852. The standard InChI is InChI=1S/C23H24Cl2O2/c1-4-17-16(11-8-12-18(17)15-9-6-5-7-10-15)14-27-22(26)21-19(13-20(24)25)23(21,2)3/h5-13,19,21H,4,14H2,1-3H3/t19-,21-/m1/s1. The van der Waals surface area contributed by atoms with E-state index < -0.39 is 0 Å². The third-order valence-electron chi connectivity index (χ3n) is 5.55. The summed E-state index contributed by atoms with van der Waals surface area (Å²) in [7, 11) is 0. The van der Waals surface area contributed by atoms with Gasteiger partial charge in [0.25, 0.3) is 0 Å². The number of hydrogen-bond donors (Lipinski definition) is 0. The second kappa shape index (κ2) is 8.08. The molecule has 4 heteroatoms. The van der Waals surface area contributed by atoms with Crippen LogP contribution in [-0.4, -0.2) is 5.97 Å². The SMILES string of the molecule is CCc1c(COC(=O)[C@H]2[C@@H](C=C(Cl)Cl)C2(C)C)cccc1-c1ccccc1. The number of benzene rings is 2. The van der Waals surface area contributed by atoms with Crippen LogP contribution < -0.4 is 0 Å². The Morgan fingerprint density at radius 2 is 1.81 bits per heavy atom. The summed E-state index contributed by atoms with van der Waals surface area (Å²) in [5.41, 5.74) is 4.45. The van der Waals surface area contributed by atoms with Crippen molar-refractivity contribution >= 4 is 29.2 Å². The van der Waals surface area contributed by atoms with Gasteiger partial charge in [0.1, 0.15) is 11.1 Å². The summed E-state index contributed by atoms with van der Waals surface area (Å²) in [6.45, 7) is 6.47. The Balaban J connectivity index is 1.75. The van der Waals surface area contributed by atoms with Crippen molar-refractivity contribution in [3.8, 4) is 11.1 Å². The lowest BCUT2D eigenvalue weighted by Crippen LogP contribution is -2.11. The lowest BCUT2D eigenvalue weighted by molar-refractivity contribution is -0.147. The molecule has 2 aromatic carbocycles. The van der Waals surface area contributed by atoms with Crippen LogP contribution in [0.5, 0.6) is 0 Å². The molecule has 0 bridgehead atoms. The van der Waals surface area contributed by atoms with Crippen LogP contribution in [0.4, 0.5) is 0 Å². The summed E-state index contributed by atoms with van der Waals surface area (Å²) < 4.78 is 5.88. The first-order valence-electron chi connectivity index (χ1n) is 9.22. The highest BCUT2D eigenvalue weighted by molar-refractivity contribution is 6.55. The molecule has 142 valence electrons. The first-order valence-corrected chi connectivity index (χ1v) is 9.97. The molecule has 1 fully saturated rings. The minimum atomic E-state index is -0.201. The molecule has 0 heterocycles. The number of carbonyl (C=O) groups excluding carboxylic acids is 1. The molecular weight excluding hydrogens is 379 g/mol. The van der Waals surface area contributed by atoms with E-state index in [0.29, 0.717) is 0 Å². The van der Waals surface area contributed by atoms with Gasteiger partial charge in [0.2, 0.25) is 0 Å². The second-order valence-corrected chi connectivity index (χ2v) is 8.56.